The standard InChI is InChI=1S/C17H24N2O5S/c1-2-3-9-19(14-8-10-25(22,23)12-14)16(20)11-24-15-6-4-13(5-7-15)17(18)21/h4-7,14H,2-3,8-12H2,1H3,(H2,18,21)/t14-/m0/s1. The number of ether oxygens (including phenoxy) is 1. The Balaban J connectivity index is 1.97. The van der Waals surface area contributed by atoms with Crippen LogP contribution < -0.4 is 10.5 Å². The van der Waals surface area contributed by atoms with Crippen LogP contribution in [-0.2, 0) is 14.6 Å². The van der Waals surface area contributed by atoms with Crippen LogP contribution >= 0.6 is 0 Å². The summed E-state index contributed by atoms with van der Waals surface area (Å²) < 4.78 is 28.9. The molecule has 0 radical (unpaired) electrons. The molecule has 0 aliphatic carbocycles. The highest BCUT2D eigenvalue weighted by atomic mass is 32.2. The maximum Gasteiger partial charge on any atom is 0.260 e. The van der Waals surface area contributed by atoms with Gasteiger partial charge in [0.05, 0.1) is 11.5 Å². The molecule has 7 nitrogen and oxygen atoms in total. The molecule has 1 aliphatic heterocycles. The van der Waals surface area contributed by atoms with Crippen LogP contribution in [0.3, 0.4) is 0 Å². The van der Waals surface area contributed by atoms with Crippen molar-refractivity contribution in [1.82, 2.24) is 4.90 Å². The van der Waals surface area contributed by atoms with Crippen LogP contribution in [0.1, 0.15) is 36.5 Å². The molecule has 0 bridgehead atoms. The van der Waals surface area contributed by atoms with Crippen molar-refractivity contribution in [1.29, 1.82) is 0 Å². The average Bonchev–Trinajstić information content (AvgIpc) is 2.93. The number of benzene rings is 1. The van der Waals surface area contributed by atoms with E-state index in [0.29, 0.717) is 24.3 Å². The Labute approximate surface area is 148 Å². The number of hydrogen-bond acceptors (Lipinski definition) is 5. The number of sulfone groups is 1. The molecule has 2 rings (SSSR count). The minimum absolute atomic E-state index is 0.0236. The van der Waals surface area contributed by atoms with Gasteiger partial charge in [-0.2, -0.15) is 0 Å². The van der Waals surface area contributed by atoms with E-state index in [-0.39, 0.29) is 30.1 Å². The van der Waals surface area contributed by atoms with E-state index in [1.165, 1.54) is 12.1 Å². The number of nitrogens with zero attached hydrogens (tertiary/aromatic N) is 1. The maximum absolute atomic E-state index is 12.5. The SMILES string of the molecule is CCCCN(C(=O)COc1ccc(C(N)=O)cc1)[C@H]1CCS(=O)(=O)C1. The van der Waals surface area contributed by atoms with E-state index in [0.717, 1.165) is 12.8 Å². The van der Waals surface area contributed by atoms with Crippen LogP contribution in [0.25, 0.3) is 0 Å². The van der Waals surface area contributed by atoms with Gasteiger partial charge in [0.15, 0.2) is 16.4 Å². The third-order valence-electron chi connectivity index (χ3n) is 4.22. The highest BCUT2D eigenvalue weighted by Gasteiger charge is 2.34. The summed E-state index contributed by atoms with van der Waals surface area (Å²) in [5, 5.41) is 0. The monoisotopic (exact) mass is 368 g/mol. The van der Waals surface area contributed by atoms with Crippen molar-refractivity contribution in [3.05, 3.63) is 29.8 Å². The lowest BCUT2D eigenvalue weighted by Crippen LogP contribution is -2.44. The van der Waals surface area contributed by atoms with Gasteiger partial charge in [-0.25, -0.2) is 8.42 Å². The molecule has 1 aliphatic rings. The summed E-state index contributed by atoms with van der Waals surface area (Å²) in [7, 11) is -3.06. The Hall–Kier alpha value is -2.09. The molecule has 0 unspecified atom stereocenters. The first-order valence-electron chi connectivity index (χ1n) is 8.35. The van der Waals surface area contributed by atoms with E-state index >= 15 is 0 Å². The third kappa shape index (κ3) is 5.45. The van der Waals surface area contributed by atoms with E-state index in [9.17, 15) is 18.0 Å². The van der Waals surface area contributed by atoms with E-state index in [2.05, 4.69) is 0 Å². The minimum Gasteiger partial charge on any atom is -0.484 e. The number of carbonyl (C=O) groups excluding carboxylic acids is 2. The molecule has 1 aromatic rings. The Morgan fingerprint density at radius 1 is 1.28 bits per heavy atom. The van der Waals surface area contributed by atoms with Crippen molar-refractivity contribution in [2.45, 2.75) is 32.2 Å². The fourth-order valence-electron chi connectivity index (χ4n) is 2.80. The fraction of sp³-hybridized carbons (Fsp3) is 0.529. The summed E-state index contributed by atoms with van der Waals surface area (Å²) in [4.78, 5) is 25.2. The van der Waals surface area contributed by atoms with E-state index in [4.69, 9.17) is 10.5 Å². The molecule has 2 amide bonds. The first-order chi connectivity index (χ1) is 11.8. The van der Waals surface area contributed by atoms with Gasteiger partial charge in [0, 0.05) is 18.2 Å². The number of unbranched alkanes of at least 4 members (excludes halogenated alkanes) is 1. The van der Waals surface area contributed by atoms with Crippen molar-refractivity contribution < 1.29 is 22.7 Å². The number of rotatable bonds is 8. The van der Waals surface area contributed by atoms with Crippen LogP contribution in [0.15, 0.2) is 24.3 Å². The maximum atomic E-state index is 12.5. The highest BCUT2D eigenvalue weighted by Crippen LogP contribution is 2.19. The smallest absolute Gasteiger partial charge is 0.260 e. The van der Waals surface area contributed by atoms with Crippen molar-refractivity contribution in [2.24, 2.45) is 5.73 Å². The molecule has 0 aromatic heterocycles. The number of hydrogen-bond donors (Lipinski definition) is 1. The molecule has 0 spiro atoms. The zero-order valence-electron chi connectivity index (χ0n) is 14.3. The molecule has 138 valence electrons. The van der Waals surface area contributed by atoms with Gasteiger partial charge in [-0.3, -0.25) is 9.59 Å². The molecule has 1 heterocycles. The zero-order valence-corrected chi connectivity index (χ0v) is 15.1. The van der Waals surface area contributed by atoms with Gasteiger partial charge < -0.3 is 15.4 Å². The predicted octanol–water partition coefficient (Wildman–Crippen LogP) is 0.980. The van der Waals surface area contributed by atoms with Crippen LogP contribution in [-0.4, -0.2) is 55.8 Å². The highest BCUT2D eigenvalue weighted by molar-refractivity contribution is 7.91. The van der Waals surface area contributed by atoms with Gasteiger partial charge in [0.25, 0.3) is 5.91 Å². The molecular formula is C17H24N2O5S. The second-order valence-corrected chi connectivity index (χ2v) is 8.40. The molecule has 1 saturated heterocycles. The molecule has 25 heavy (non-hydrogen) atoms. The van der Waals surface area contributed by atoms with E-state index in [1.807, 2.05) is 6.92 Å². The van der Waals surface area contributed by atoms with Gasteiger partial charge in [-0.05, 0) is 37.1 Å². The van der Waals surface area contributed by atoms with Gasteiger partial charge in [-0.15, -0.1) is 0 Å². The fourth-order valence-corrected chi connectivity index (χ4v) is 4.53. The zero-order chi connectivity index (χ0) is 18.4. The largest absolute Gasteiger partial charge is 0.484 e. The normalized spacial score (nSPS) is 18.7. The number of carbonyl (C=O) groups is 2. The molecule has 1 atom stereocenters. The average molecular weight is 368 g/mol. The quantitative estimate of drug-likeness (QED) is 0.736. The van der Waals surface area contributed by atoms with Crippen molar-refractivity contribution in [3.8, 4) is 5.75 Å². The summed E-state index contributed by atoms with van der Waals surface area (Å²) in [5.74, 6) is -0.156. The molecule has 1 aromatic carbocycles. The number of primary amides is 1. The summed E-state index contributed by atoms with van der Waals surface area (Å²) in [6, 6.07) is 5.93. The lowest BCUT2D eigenvalue weighted by Gasteiger charge is -2.28. The van der Waals surface area contributed by atoms with E-state index < -0.39 is 15.7 Å². The first-order valence-corrected chi connectivity index (χ1v) is 10.2. The third-order valence-corrected chi connectivity index (χ3v) is 5.97. The predicted molar refractivity (Wildman–Crippen MR) is 94.1 cm³/mol. The summed E-state index contributed by atoms with van der Waals surface area (Å²) in [6.45, 7) is 2.38. The molecule has 2 N–H and O–H groups in total. The second kappa shape index (κ2) is 8.33. The van der Waals surface area contributed by atoms with Crippen LogP contribution in [0.4, 0.5) is 0 Å². The first kappa shape index (κ1) is 19.2. The number of nitrogens with two attached hydrogens (primary N) is 1. The minimum atomic E-state index is -3.06. The van der Waals surface area contributed by atoms with Crippen molar-refractivity contribution in [3.63, 3.8) is 0 Å². The topological polar surface area (TPSA) is 107 Å². The summed E-state index contributed by atoms with van der Waals surface area (Å²) >= 11 is 0. The van der Waals surface area contributed by atoms with Crippen LogP contribution in [0.5, 0.6) is 5.75 Å². The van der Waals surface area contributed by atoms with E-state index in [1.54, 1.807) is 17.0 Å². The van der Waals surface area contributed by atoms with Gasteiger partial charge >= 0.3 is 0 Å². The molecule has 8 heteroatoms. The van der Waals surface area contributed by atoms with Gasteiger partial charge in [0.1, 0.15) is 5.75 Å². The second-order valence-electron chi connectivity index (χ2n) is 6.17. The molecular weight excluding hydrogens is 344 g/mol. The Kier molecular flexibility index (Phi) is 6.41. The summed E-state index contributed by atoms with van der Waals surface area (Å²) in [6.07, 6.45) is 2.21. The van der Waals surface area contributed by atoms with Gasteiger partial charge in [0.2, 0.25) is 5.91 Å². The molecule has 1 fully saturated rings. The van der Waals surface area contributed by atoms with Crippen LogP contribution in [0, 0.1) is 0 Å². The lowest BCUT2D eigenvalue weighted by atomic mass is 10.2. The number of amides is 2. The van der Waals surface area contributed by atoms with Crippen LogP contribution in [0.2, 0.25) is 0 Å². The molecule has 0 saturated carbocycles. The Morgan fingerprint density at radius 3 is 2.48 bits per heavy atom. The Morgan fingerprint density at radius 2 is 1.96 bits per heavy atom. The lowest BCUT2D eigenvalue weighted by molar-refractivity contribution is -0.135. The van der Waals surface area contributed by atoms with Crippen molar-refractivity contribution >= 4 is 21.7 Å². The van der Waals surface area contributed by atoms with Crippen molar-refractivity contribution in [2.75, 3.05) is 24.7 Å². The van der Waals surface area contributed by atoms with Gasteiger partial charge in [-0.1, -0.05) is 13.3 Å². The summed E-state index contributed by atoms with van der Waals surface area (Å²) in [5.41, 5.74) is 5.53. The Bertz CT molecular complexity index is 715.